The summed E-state index contributed by atoms with van der Waals surface area (Å²) in [7, 11) is 0. The Kier molecular flexibility index (Phi) is 2.78. The average molecular weight is 283 g/mol. The molecular formula is C11H8BrFN2O. The molecule has 1 aromatic carbocycles. The smallest absolute Gasteiger partial charge is 0.278 e. The van der Waals surface area contributed by atoms with Gasteiger partial charge in [0, 0.05) is 10.7 Å². The number of hydrogen-bond acceptors (Lipinski definition) is 2. The lowest BCUT2D eigenvalue weighted by Crippen LogP contribution is -2.21. The number of anilines is 1. The Hall–Kier alpha value is -1.62. The number of halogens is 2. The Morgan fingerprint density at radius 1 is 1.31 bits per heavy atom. The van der Waals surface area contributed by atoms with E-state index < -0.39 is 11.4 Å². The van der Waals surface area contributed by atoms with E-state index in [-0.39, 0.29) is 11.4 Å². The van der Waals surface area contributed by atoms with Crippen LogP contribution in [0.4, 0.5) is 10.1 Å². The molecule has 0 radical (unpaired) electrons. The van der Waals surface area contributed by atoms with Crippen LogP contribution in [0, 0.1) is 5.82 Å². The van der Waals surface area contributed by atoms with E-state index in [1.165, 1.54) is 29.0 Å². The molecule has 0 amide bonds. The molecule has 0 aliphatic carbocycles. The largest absolute Gasteiger partial charge is 0.394 e. The summed E-state index contributed by atoms with van der Waals surface area (Å²) in [6.07, 6.45) is 1.48. The van der Waals surface area contributed by atoms with Gasteiger partial charge in [0.15, 0.2) is 0 Å². The number of nitrogens with zero attached hydrogens (tertiary/aromatic N) is 1. The zero-order chi connectivity index (χ0) is 11.7. The Morgan fingerprint density at radius 2 is 2.00 bits per heavy atom. The highest BCUT2D eigenvalue weighted by Gasteiger charge is 2.08. The molecule has 16 heavy (non-hydrogen) atoms. The number of benzene rings is 1. The fourth-order valence-electron chi connectivity index (χ4n) is 1.39. The molecule has 82 valence electrons. The minimum atomic E-state index is -0.470. The van der Waals surface area contributed by atoms with Crippen molar-refractivity contribution in [2.24, 2.45) is 0 Å². The van der Waals surface area contributed by atoms with E-state index >= 15 is 0 Å². The molecule has 0 fully saturated rings. The van der Waals surface area contributed by atoms with Gasteiger partial charge < -0.3 is 5.73 Å². The van der Waals surface area contributed by atoms with Crippen molar-refractivity contribution in [3.05, 3.63) is 57.2 Å². The number of aromatic nitrogens is 1. The Balaban J connectivity index is 2.75. The van der Waals surface area contributed by atoms with Crippen molar-refractivity contribution in [1.29, 1.82) is 0 Å². The molecule has 2 rings (SSSR count). The second-order valence-corrected chi connectivity index (χ2v) is 4.16. The van der Waals surface area contributed by atoms with Crippen LogP contribution in [0.5, 0.6) is 0 Å². The van der Waals surface area contributed by atoms with Crippen LogP contribution in [0.15, 0.2) is 45.8 Å². The summed E-state index contributed by atoms with van der Waals surface area (Å²) < 4.78 is 15.3. The summed E-state index contributed by atoms with van der Waals surface area (Å²) >= 11 is 3.21. The van der Waals surface area contributed by atoms with Crippen LogP contribution in [-0.2, 0) is 0 Å². The summed E-state index contributed by atoms with van der Waals surface area (Å²) in [6.45, 7) is 0. The summed E-state index contributed by atoms with van der Waals surface area (Å²) in [4.78, 5) is 11.7. The molecule has 2 N–H and O–H groups in total. The minimum absolute atomic E-state index is 0.0672. The summed E-state index contributed by atoms with van der Waals surface area (Å²) in [5, 5.41) is 0. The first-order valence-electron chi connectivity index (χ1n) is 4.52. The van der Waals surface area contributed by atoms with E-state index in [1.54, 1.807) is 12.1 Å². The van der Waals surface area contributed by atoms with Crippen molar-refractivity contribution in [3.8, 4) is 5.69 Å². The second-order valence-electron chi connectivity index (χ2n) is 3.24. The normalized spacial score (nSPS) is 10.4. The molecule has 0 spiro atoms. The van der Waals surface area contributed by atoms with Gasteiger partial charge in [-0.25, -0.2) is 4.39 Å². The molecule has 3 nitrogen and oxygen atoms in total. The molecule has 0 bridgehead atoms. The zero-order valence-corrected chi connectivity index (χ0v) is 9.74. The SMILES string of the molecule is Nc1cc(Br)cn(-c2ccccc2F)c1=O. The predicted molar refractivity (Wildman–Crippen MR) is 64.1 cm³/mol. The van der Waals surface area contributed by atoms with E-state index in [4.69, 9.17) is 5.73 Å². The maximum Gasteiger partial charge on any atom is 0.278 e. The third-order valence-corrected chi connectivity index (χ3v) is 2.56. The Labute approximate surface area is 99.5 Å². The minimum Gasteiger partial charge on any atom is -0.394 e. The Bertz CT molecular complexity index is 595. The van der Waals surface area contributed by atoms with E-state index in [9.17, 15) is 9.18 Å². The molecular weight excluding hydrogens is 275 g/mol. The summed E-state index contributed by atoms with van der Waals surface area (Å²) in [5.74, 6) is -0.470. The molecule has 1 heterocycles. The van der Waals surface area contributed by atoms with Crippen molar-refractivity contribution in [2.75, 3.05) is 5.73 Å². The van der Waals surface area contributed by atoms with Crippen molar-refractivity contribution in [3.63, 3.8) is 0 Å². The van der Waals surface area contributed by atoms with E-state index in [0.29, 0.717) is 4.47 Å². The van der Waals surface area contributed by atoms with Crippen LogP contribution < -0.4 is 11.3 Å². The van der Waals surface area contributed by atoms with Gasteiger partial charge in [0.1, 0.15) is 5.82 Å². The highest BCUT2D eigenvalue weighted by molar-refractivity contribution is 9.10. The quantitative estimate of drug-likeness (QED) is 0.873. The molecule has 1 aromatic heterocycles. The van der Waals surface area contributed by atoms with Crippen molar-refractivity contribution in [1.82, 2.24) is 4.57 Å². The van der Waals surface area contributed by atoms with E-state index in [2.05, 4.69) is 15.9 Å². The number of nitrogens with two attached hydrogens (primary N) is 1. The average Bonchev–Trinajstić information content (AvgIpc) is 2.24. The van der Waals surface area contributed by atoms with Gasteiger partial charge >= 0.3 is 0 Å². The van der Waals surface area contributed by atoms with Gasteiger partial charge in [-0.05, 0) is 34.1 Å². The van der Waals surface area contributed by atoms with Gasteiger partial charge in [-0.3, -0.25) is 9.36 Å². The van der Waals surface area contributed by atoms with Gasteiger partial charge in [-0.15, -0.1) is 0 Å². The lowest BCUT2D eigenvalue weighted by Gasteiger charge is -2.08. The molecule has 0 unspecified atom stereocenters. The second kappa shape index (κ2) is 4.09. The molecule has 0 saturated carbocycles. The fourth-order valence-corrected chi connectivity index (χ4v) is 1.85. The third-order valence-electron chi connectivity index (χ3n) is 2.12. The molecule has 0 saturated heterocycles. The van der Waals surface area contributed by atoms with Gasteiger partial charge in [0.2, 0.25) is 0 Å². The maximum atomic E-state index is 13.5. The first-order valence-corrected chi connectivity index (χ1v) is 5.31. The number of rotatable bonds is 1. The standard InChI is InChI=1S/C11H8BrFN2O/c12-7-5-9(14)11(16)15(6-7)10-4-2-1-3-8(10)13/h1-6H,14H2. The van der Waals surface area contributed by atoms with E-state index in [0.717, 1.165) is 0 Å². The van der Waals surface area contributed by atoms with Crippen LogP contribution in [0.1, 0.15) is 0 Å². The van der Waals surface area contributed by atoms with Crippen molar-refractivity contribution in [2.45, 2.75) is 0 Å². The van der Waals surface area contributed by atoms with Crippen LogP contribution in [0.25, 0.3) is 5.69 Å². The maximum absolute atomic E-state index is 13.5. The number of nitrogen functional groups attached to an aromatic ring is 1. The molecule has 0 aliphatic heterocycles. The van der Waals surface area contributed by atoms with Crippen molar-refractivity contribution >= 4 is 21.6 Å². The first kappa shape index (κ1) is 10.9. The van der Waals surface area contributed by atoms with Crippen LogP contribution in [0.2, 0.25) is 0 Å². The van der Waals surface area contributed by atoms with Crippen LogP contribution >= 0.6 is 15.9 Å². The van der Waals surface area contributed by atoms with Crippen LogP contribution in [-0.4, -0.2) is 4.57 Å². The summed E-state index contributed by atoms with van der Waals surface area (Å²) in [5.41, 5.74) is 5.33. The number of hydrogen-bond donors (Lipinski definition) is 1. The van der Waals surface area contributed by atoms with Gasteiger partial charge in [-0.2, -0.15) is 0 Å². The van der Waals surface area contributed by atoms with Gasteiger partial charge in [0.05, 0.1) is 11.4 Å². The molecule has 2 aromatic rings. The zero-order valence-electron chi connectivity index (χ0n) is 8.15. The highest BCUT2D eigenvalue weighted by Crippen LogP contribution is 2.15. The lowest BCUT2D eigenvalue weighted by atomic mass is 10.3. The monoisotopic (exact) mass is 282 g/mol. The third kappa shape index (κ3) is 1.86. The van der Waals surface area contributed by atoms with E-state index in [1.807, 2.05) is 0 Å². The topological polar surface area (TPSA) is 48.0 Å². The predicted octanol–water partition coefficient (Wildman–Crippen LogP) is 2.32. The molecule has 0 atom stereocenters. The van der Waals surface area contributed by atoms with Gasteiger partial charge in [-0.1, -0.05) is 12.1 Å². The highest BCUT2D eigenvalue weighted by atomic mass is 79.9. The molecule has 0 aliphatic rings. The number of pyridine rings is 1. The van der Waals surface area contributed by atoms with Crippen molar-refractivity contribution < 1.29 is 4.39 Å². The Morgan fingerprint density at radius 3 is 2.69 bits per heavy atom. The summed E-state index contributed by atoms with van der Waals surface area (Å²) in [6, 6.07) is 7.51. The first-order chi connectivity index (χ1) is 7.59. The fraction of sp³-hybridized carbons (Fsp3) is 0. The van der Waals surface area contributed by atoms with Gasteiger partial charge in [0.25, 0.3) is 5.56 Å². The number of para-hydroxylation sites is 1. The van der Waals surface area contributed by atoms with Crippen LogP contribution in [0.3, 0.4) is 0 Å². The molecule has 5 heteroatoms. The lowest BCUT2D eigenvalue weighted by molar-refractivity contribution is 0.616.